The molecule has 0 aromatic heterocycles. The number of amides is 1. The van der Waals surface area contributed by atoms with Gasteiger partial charge in [0.25, 0.3) is 0 Å². The lowest BCUT2D eigenvalue weighted by atomic mass is 10.0. The zero-order valence-electron chi connectivity index (χ0n) is 11.1. The summed E-state index contributed by atoms with van der Waals surface area (Å²) < 4.78 is 5.26. The van der Waals surface area contributed by atoms with Crippen molar-refractivity contribution in [3.05, 3.63) is 0 Å². The van der Waals surface area contributed by atoms with Crippen molar-refractivity contribution in [2.75, 3.05) is 32.8 Å². The van der Waals surface area contributed by atoms with Crippen LogP contribution in [0.4, 0.5) is 0 Å². The highest BCUT2D eigenvalue weighted by molar-refractivity contribution is 5.76. The van der Waals surface area contributed by atoms with E-state index in [-0.39, 0.29) is 18.6 Å². The van der Waals surface area contributed by atoms with E-state index in [1.165, 1.54) is 0 Å². The average Bonchev–Trinajstić information content (AvgIpc) is 2.89. The third-order valence-electron chi connectivity index (χ3n) is 3.86. The minimum absolute atomic E-state index is 0.0201. The van der Waals surface area contributed by atoms with Crippen molar-refractivity contribution in [3.8, 4) is 0 Å². The Morgan fingerprint density at radius 2 is 2.00 bits per heavy atom. The lowest BCUT2D eigenvalue weighted by Gasteiger charge is -2.32. The fourth-order valence-corrected chi connectivity index (χ4v) is 2.73. The van der Waals surface area contributed by atoms with Crippen LogP contribution in [0, 0.1) is 5.92 Å². The minimum atomic E-state index is -0.938. The highest BCUT2D eigenvalue weighted by Crippen LogP contribution is 2.18. The highest BCUT2D eigenvalue weighted by Gasteiger charge is 2.26. The van der Waals surface area contributed by atoms with E-state index < -0.39 is 5.97 Å². The maximum absolute atomic E-state index is 12.1. The summed E-state index contributed by atoms with van der Waals surface area (Å²) in [7, 11) is 0. The molecular formula is C13H22N2O4. The molecule has 0 radical (unpaired) electrons. The van der Waals surface area contributed by atoms with Gasteiger partial charge < -0.3 is 20.1 Å². The number of carbonyl (C=O) groups is 2. The molecular weight excluding hydrogens is 248 g/mol. The van der Waals surface area contributed by atoms with Gasteiger partial charge >= 0.3 is 5.97 Å². The Labute approximate surface area is 113 Å². The second kappa shape index (κ2) is 6.86. The van der Waals surface area contributed by atoms with Crippen LogP contribution in [0.25, 0.3) is 0 Å². The lowest BCUT2D eigenvalue weighted by molar-refractivity contribution is -0.147. The molecule has 6 nitrogen and oxygen atoms in total. The first-order chi connectivity index (χ1) is 9.15. The number of carboxylic acids is 1. The maximum Gasteiger partial charge on any atom is 0.329 e. The zero-order valence-corrected chi connectivity index (χ0v) is 11.1. The number of carboxylic acid groups (broad SMARTS) is 1. The van der Waals surface area contributed by atoms with Crippen molar-refractivity contribution in [1.82, 2.24) is 10.2 Å². The molecule has 0 bridgehead atoms. The van der Waals surface area contributed by atoms with Gasteiger partial charge in [-0.25, -0.2) is 4.79 Å². The van der Waals surface area contributed by atoms with Gasteiger partial charge in [-0.3, -0.25) is 4.79 Å². The molecule has 0 aromatic rings. The van der Waals surface area contributed by atoms with Crippen LogP contribution in [0.15, 0.2) is 0 Å². The molecule has 19 heavy (non-hydrogen) atoms. The van der Waals surface area contributed by atoms with Crippen LogP contribution in [0.2, 0.25) is 0 Å². The number of nitrogens with zero attached hydrogens (tertiary/aromatic N) is 1. The van der Waals surface area contributed by atoms with E-state index in [1.54, 1.807) is 0 Å². The van der Waals surface area contributed by atoms with Gasteiger partial charge in [0.1, 0.15) is 6.61 Å². The van der Waals surface area contributed by atoms with Crippen molar-refractivity contribution < 1.29 is 19.4 Å². The molecule has 1 atom stereocenters. The number of piperidine rings is 1. The number of rotatable bonds is 5. The van der Waals surface area contributed by atoms with E-state index in [2.05, 4.69) is 5.32 Å². The summed E-state index contributed by atoms with van der Waals surface area (Å²) in [5, 5.41) is 11.8. The molecule has 2 aliphatic heterocycles. The molecule has 2 heterocycles. The third-order valence-corrected chi connectivity index (χ3v) is 3.86. The molecule has 0 aromatic carbocycles. The minimum Gasteiger partial charge on any atom is -0.480 e. The molecule has 0 aliphatic carbocycles. The largest absolute Gasteiger partial charge is 0.480 e. The Hall–Kier alpha value is -1.14. The van der Waals surface area contributed by atoms with Gasteiger partial charge in [0.15, 0.2) is 0 Å². The van der Waals surface area contributed by atoms with Gasteiger partial charge in [0.05, 0.1) is 6.10 Å². The van der Waals surface area contributed by atoms with Crippen LogP contribution in [0.5, 0.6) is 0 Å². The summed E-state index contributed by atoms with van der Waals surface area (Å²) in [4.78, 5) is 24.4. The third kappa shape index (κ3) is 4.47. The van der Waals surface area contributed by atoms with Crippen LogP contribution in [-0.2, 0) is 14.3 Å². The van der Waals surface area contributed by atoms with E-state index in [4.69, 9.17) is 9.84 Å². The number of carbonyl (C=O) groups excluding carboxylic acids is 1. The van der Waals surface area contributed by atoms with E-state index in [0.29, 0.717) is 25.4 Å². The van der Waals surface area contributed by atoms with Gasteiger partial charge in [-0.15, -0.1) is 0 Å². The van der Waals surface area contributed by atoms with Crippen molar-refractivity contribution in [2.24, 2.45) is 5.92 Å². The first-order valence-corrected chi connectivity index (χ1v) is 6.97. The van der Waals surface area contributed by atoms with E-state index in [1.807, 2.05) is 4.90 Å². The quantitative estimate of drug-likeness (QED) is 0.739. The number of hydrogen-bond acceptors (Lipinski definition) is 4. The van der Waals surface area contributed by atoms with Crippen LogP contribution >= 0.6 is 0 Å². The maximum atomic E-state index is 12.1. The second-order valence-corrected chi connectivity index (χ2v) is 5.35. The Balaban J connectivity index is 1.67. The molecule has 2 N–H and O–H groups in total. The van der Waals surface area contributed by atoms with E-state index in [0.717, 1.165) is 32.4 Å². The molecule has 108 valence electrons. The van der Waals surface area contributed by atoms with Gasteiger partial charge in [0, 0.05) is 19.5 Å². The molecule has 6 heteroatoms. The molecule has 0 saturated carbocycles. The van der Waals surface area contributed by atoms with Crippen molar-refractivity contribution in [2.45, 2.75) is 31.8 Å². The number of aliphatic carboxylic acids is 1. The number of nitrogens with one attached hydrogen (secondary N) is 1. The van der Waals surface area contributed by atoms with Crippen molar-refractivity contribution in [3.63, 3.8) is 0 Å². The summed E-state index contributed by atoms with van der Waals surface area (Å²) >= 11 is 0. The van der Waals surface area contributed by atoms with Crippen molar-refractivity contribution in [1.29, 1.82) is 0 Å². The van der Waals surface area contributed by atoms with E-state index in [9.17, 15) is 9.59 Å². The van der Waals surface area contributed by atoms with Gasteiger partial charge in [-0.1, -0.05) is 0 Å². The molecule has 2 rings (SSSR count). The molecule has 1 unspecified atom stereocenters. The smallest absolute Gasteiger partial charge is 0.329 e. The van der Waals surface area contributed by atoms with Crippen LogP contribution in [0.3, 0.4) is 0 Å². The van der Waals surface area contributed by atoms with Gasteiger partial charge in [-0.2, -0.15) is 0 Å². The SMILES string of the molecule is O=C(O)COC1CCN(C(=O)CC2CCNC2)CC1. The average molecular weight is 270 g/mol. The standard InChI is InChI=1S/C13H22N2O4/c16-12(7-10-1-4-14-8-10)15-5-2-11(3-6-15)19-9-13(17)18/h10-11,14H,1-9H2,(H,17,18). The summed E-state index contributed by atoms with van der Waals surface area (Å²) in [6.07, 6.45) is 3.18. The summed E-state index contributed by atoms with van der Waals surface area (Å²) in [6, 6.07) is 0. The predicted molar refractivity (Wildman–Crippen MR) is 68.8 cm³/mol. The predicted octanol–water partition coefficient (Wildman–Crippen LogP) is 0.0782. The summed E-state index contributed by atoms with van der Waals surface area (Å²) in [6.45, 7) is 3.09. The first-order valence-electron chi connectivity index (χ1n) is 6.97. The zero-order chi connectivity index (χ0) is 13.7. The van der Waals surface area contributed by atoms with Crippen LogP contribution in [-0.4, -0.2) is 60.8 Å². The molecule has 2 fully saturated rings. The molecule has 2 saturated heterocycles. The van der Waals surface area contributed by atoms with Gasteiger partial charge in [0.2, 0.25) is 5.91 Å². The van der Waals surface area contributed by atoms with Crippen molar-refractivity contribution >= 4 is 11.9 Å². The summed E-state index contributed by atoms with van der Waals surface area (Å²) in [5.74, 6) is -0.230. The second-order valence-electron chi connectivity index (χ2n) is 5.35. The number of hydrogen-bond donors (Lipinski definition) is 2. The topological polar surface area (TPSA) is 78.9 Å². The molecule has 0 spiro atoms. The monoisotopic (exact) mass is 270 g/mol. The lowest BCUT2D eigenvalue weighted by Crippen LogP contribution is -2.42. The normalized spacial score (nSPS) is 24.6. The van der Waals surface area contributed by atoms with E-state index >= 15 is 0 Å². The Kier molecular flexibility index (Phi) is 5.15. The Bertz CT molecular complexity index is 321. The van der Waals surface area contributed by atoms with Crippen LogP contribution in [0.1, 0.15) is 25.7 Å². The number of ether oxygens (including phenoxy) is 1. The Morgan fingerprint density at radius 3 is 2.58 bits per heavy atom. The first kappa shape index (κ1) is 14.3. The fraction of sp³-hybridized carbons (Fsp3) is 0.846. The summed E-state index contributed by atoms with van der Waals surface area (Å²) in [5.41, 5.74) is 0. The fourth-order valence-electron chi connectivity index (χ4n) is 2.73. The highest BCUT2D eigenvalue weighted by atomic mass is 16.5. The van der Waals surface area contributed by atoms with Gasteiger partial charge in [-0.05, 0) is 38.3 Å². The Morgan fingerprint density at radius 1 is 1.26 bits per heavy atom. The molecule has 1 amide bonds. The number of likely N-dealkylation sites (tertiary alicyclic amines) is 1. The van der Waals surface area contributed by atoms with Crippen LogP contribution < -0.4 is 5.32 Å². The molecule has 2 aliphatic rings.